The lowest BCUT2D eigenvalue weighted by molar-refractivity contribution is 0.595. The molecule has 0 radical (unpaired) electrons. The van der Waals surface area contributed by atoms with E-state index in [9.17, 15) is 8.78 Å². The van der Waals surface area contributed by atoms with Crippen molar-refractivity contribution in [1.82, 2.24) is 0 Å². The van der Waals surface area contributed by atoms with E-state index in [0.717, 1.165) is 6.07 Å². The van der Waals surface area contributed by atoms with Crippen molar-refractivity contribution >= 4 is 38.9 Å². The van der Waals surface area contributed by atoms with Crippen LogP contribution in [-0.4, -0.2) is 5.11 Å². The molecule has 7 heteroatoms. The lowest BCUT2D eigenvalue weighted by Gasteiger charge is -2.09. The summed E-state index contributed by atoms with van der Waals surface area (Å²) in [6.45, 7) is 0. The number of nitrogens with two attached hydrogens (primary N) is 1. The van der Waals surface area contributed by atoms with Gasteiger partial charge in [-0.1, -0.05) is 0 Å². The molecule has 0 aliphatic carbocycles. The topological polar surface area (TPSA) is 61.8 Å². The highest BCUT2D eigenvalue weighted by atomic mass is 79.9. The Morgan fingerprint density at radius 3 is 2.67 bits per heavy atom. The molecule has 0 aliphatic rings. The maximum Gasteiger partial charge on any atom is 0.168 e. The molecule has 0 aromatic heterocycles. The number of benzene rings is 1. The van der Waals surface area contributed by atoms with Gasteiger partial charge in [0.25, 0.3) is 0 Å². The maximum atomic E-state index is 13.3. The summed E-state index contributed by atoms with van der Waals surface area (Å²) in [5.41, 5.74) is 4.51. The third-order valence-electron chi connectivity index (χ3n) is 1.53. The first-order chi connectivity index (χ1) is 6.97. The molecule has 0 atom stereocenters. The van der Waals surface area contributed by atoms with Crippen LogP contribution in [0.4, 0.5) is 14.5 Å². The third-order valence-corrected chi connectivity index (χ3v) is 2.37. The zero-order chi connectivity index (χ0) is 11.6. The van der Waals surface area contributed by atoms with E-state index in [-0.39, 0.29) is 15.3 Å². The number of rotatable bonds is 1. The van der Waals surface area contributed by atoms with Crippen molar-refractivity contribution in [3.05, 3.63) is 27.7 Å². The number of halogens is 3. The molecule has 3 nitrogen and oxygen atoms in total. The van der Waals surface area contributed by atoms with Crippen LogP contribution >= 0.6 is 28.1 Å². The summed E-state index contributed by atoms with van der Waals surface area (Å²) >= 11 is 7.30. The van der Waals surface area contributed by atoms with Gasteiger partial charge in [-0.05, 0) is 34.2 Å². The Balaban J connectivity index is 3.37. The predicted octanol–water partition coefficient (Wildman–Crippen LogP) is 2.25. The summed E-state index contributed by atoms with van der Waals surface area (Å²) in [5.74, 6) is -1.68. The van der Waals surface area contributed by atoms with E-state index in [2.05, 4.69) is 33.5 Å². The number of nitrogens with one attached hydrogen (secondary N) is 1. The van der Waals surface area contributed by atoms with Crippen LogP contribution in [0.25, 0.3) is 0 Å². The lowest BCUT2D eigenvalue weighted by Crippen LogP contribution is -2.20. The number of anilines is 1. The molecular weight excluding hydrogens is 288 g/mol. The second-order valence-electron chi connectivity index (χ2n) is 2.51. The standard InChI is InChI=1S/C8H4BrF2N3S/c9-5-6(11)3(2-12)1-4(10)7(5)14-8(13)15/h1H,(H3,13,14,15). The zero-order valence-corrected chi connectivity index (χ0v) is 9.55. The summed E-state index contributed by atoms with van der Waals surface area (Å²) in [6, 6.07) is 2.29. The van der Waals surface area contributed by atoms with Gasteiger partial charge >= 0.3 is 0 Å². The van der Waals surface area contributed by atoms with Crippen LogP contribution in [0, 0.1) is 23.0 Å². The van der Waals surface area contributed by atoms with Crippen LogP contribution in [0.5, 0.6) is 0 Å². The van der Waals surface area contributed by atoms with Crippen LogP contribution in [0.1, 0.15) is 5.56 Å². The molecule has 78 valence electrons. The molecule has 0 saturated carbocycles. The number of hydrogen-bond donors (Lipinski definition) is 2. The van der Waals surface area contributed by atoms with Crippen molar-refractivity contribution < 1.29 is 8.78 Å². The molecule has 1 aromatic carbocycles. The van der Waals surface area contributed by atoms with Crippen LogP contribution < -0.4 is 11.1 Å². The van der Waals surface area contributed by atoms with Crippen molar-refractivity contribution in [2.24, 2.45) is 5.73 Å². The molecule has 1 aromatic rings. The normalized spacial score (nSPS) is 9.47. The zero-order valence-electron chi connectivity index (χ0n) is 7.14. The molecule has 0 amide bonds. The van der Waals surface area contributed by atoms with Crippen LogP contribution in [0.15, 0.2) is 10.5 Å². The molecule has 3 N–H and O–H groups in total. The second-order valence-corrected chi connectivity index (χ2v) is 3.74. The van der Waals surface area contributed by atoms with E-state index in [0.29, 0.717) is 0 Å². The van der Waals surface area contributed by atoms with E-state index in [1.54, 1.807) is 0 Å². The summed E-state index contributed by atoms with van der Waals surface area (Å²) < 4.78 is 26.4. The minimum atomic E-state index is -0.863. The van der Waals surface area contributed by atoms with Gasteiger partial charge in [-0.25, -0.2) is 8.78 Å². The fraction of sp³-hybridized carbons (Fsp3) is 0. The third kappa shape index (κ3) is 2.40. The Hall–Kier alpha value is -1.26. The monoisotopic (exact) mass is 291 g/mol. The number of thiocarbonyl (C=S) groups is 1. The molecule has 0 aliphatic heterocycles. The van der Waals surface area contributed by atoms with Gasteiger partial charge in [-0.3, -0.25) is 0 Å². The first kappa shape index (κ1) is 11.8. The Labute approximate surface area is 98.0 Å². The van der Waals surface area contributed by atoms with E-state index in [1.165, 1.54) is 6.07 Å². The molecule has 0 spiro atoms. The highest BCUT2D eigenvalue weighted by Crippen LogP contribution is 2.30. The molecule has 15 heavy (non-hydrogen) atoms. The van der Waals surface area contributed by atoms with Gasteiger partial charge in [-0.2, -0.15) is 5.26 Å². The van der Waals surface area contributed by atoms with Crippen molar-refractivity contribution in [2.75, 3.05) is 5.32 Å². The van der Waals surface area contributed by atoms with E-state index < -0.39 is 17.2 Å². The lowest BCUT2D eigenvalue weighted by atomic mass is 10.2. The highest BCUT2D eigenvalue weighted by Gasteiger charge is 2.16. The number of nitrogens with zero attached hydrogens (tertiary/aromatic N) is 1. The Bertz CT molecular complexity index is 470. The average molecular weight is 292 g/mol. The molecule has 0 bridgehead atoms. The van der Waals surface area contributed by atoms with E-state index >= 15 is 0 Å². The van der Waals surface area contributed by atoms with Gasteiger partial charge in [0.1, 0.15) is 11.9 Å². The summed E-state index contributed by atoms with van der Waals surface area (Å²) in [6.07, 6.45) is 0. The van der Waals surface area contributed by atoms with Crippen molar-refractivity contribution in [2.45, 2.75) is 0 Å². The van der Waals surface area contributed by atoms with Crippen LogP contribution in [0.3, 0.4) is 0 Å². The Morgan fingerprint density at radius 2 is 2.20 bits per heavy atom. The molecule has 0 fully saturated rings. The summed E-state index contributed by atoms with van der Waals surface area (Å²) in [7, 11) is 0. The minimum absolute atomic E-state index is 0.196. The Morgan fingerprint density at radius 1 is 1.60 bits per heavy atom. The highest BCUT2D eigenvalue weighted by molar-refractivity contribution is 9.10. The molecule has 0 unspecified atom stereocenters. The fourth-order valence-corrected chi connectivity index (χ4v) is 1.52. The first-order valence-electron chi connectivity index (χ1n) is 3.61. The van der Waals surface area contributed by atoms with E-state index in [1.807, 2.05) is 0 Å². The van der Waals surface area contributed by atoms with Gasteiger partial charge < -0.3 is 11.1 Å². The summed E-state index contributed by atoms with van der Waals surface area (Å²) in [4.78, 5) is 0. The number of hydrogen-bond acceptors (Lipinski definition) is 2. The SMILES string of the molecule is N#Cc1cc(F)c(NC(N)=S)c(Br)c1F. The minimum Gasteiger partial charge on any atom is -0.376 e. The molecular formula is C8H4BrF2N3S. The predicted molar refractivity (Wildman–Crippen MR) is 59.2 cm³/mol. The van der Waals surface area contributed by atoms with Gasteiger partial charge in [0, 0.05) is 0 Å². The Kier molecular flexibility index (Phi) is 3.55. The van der Waals surface area contributed by atoms with Gasteiger partial charge in [0.15, 0.2) is 10.9 Å². The van der Waals surface area contributed by atoms with Gasteiger partial charge in [0.05, 0.1) is 15.7 Å². The molecule has 0 heterocycles. The van der Waals surface area contributed by atoms with Crippen molar-refractivity contribution in [1.29, 1.82) is 5.26 Å². The quantitative estimate of drug-likeness (QED) is 0.615. The molecule has 1 rings (SSSR count). The number of nitriles is 1. The van der Waals surface area contributed by atoms with Gasteiger partial charge in [-0.15, -0.1) is 0 Å². The second kappa shape index (κ2) is 4.51. The van der Waals surface area contributed by atoms with Crippen molar-refractivity contribution in [3.8, 4) is 6.07 Å². The smallest absolute Gasteiger partial charge is 0.168 e. The maximum absolute atomic E-state index is 13.3. The first-order valence-corrected chi connectivity index (χ1v) is 4.81. The fourth-order valence-electron chi connectivity index (χ4n) is 0.914. The average Bonchev–Trinajstić information content (AvgIpc) is 2.18. The van der Waals surface area contributed by atoms with E-state index in [4.69, 9.17) is 11.0 Å². The van der Waals surface area contributed by atoms with Crippen molar-refractivity contribution in [3.63, 3.8) is 0 Å². The largest absolute Gasteiger partial charge is 0.376 e. The van der Waals surface area contributed by atoms with Gasteiger partial charge in [0.2, 0.25) is 0 Å². The van der Waals surface area contributed by atoms with Crippen LogP contribution in [-0.2, 0) is 0 Å². The summed E-state index contributed by atoms with van der Waals surface area (Å²) in [5, 5.41) is 10.6. The molecule has 0 saturated heterocycles. The van der Waals surface area contributed by atoms with Crippen LogP contribution in [0.2, 0.25) is 0 Å².